The topological polar surface area (TPSA) is 30.0 Å². The minimum Gasteiger partial charge on any atom is -0.295 e. The van der Waals surface area contributed by atoms with E-state index in [1.807, 2.05) is 27.0 Å². The number of hydrogen-bond donors (Lipinski definition) is 0. The van der Waals surface area contributed by atoms with Gasteiger partial charge in [-0.1, -0.05) is 95.3 Å². The van der Waals surface area contributed by atoms with Crippen LogP contribution in [0.4, 0.5) is 13.2 Å². The molecule has 0 spiro atoms. The van der Waals surface area contributed by atoms with Crippen molar-refractivity contribution in [1.82, 2.24) is 4.98 Å². The van der Waals surface area contributed by atoms with Crippen LogP contribution in [-0.2, 0) is 4.79 Å². The van der Waals surface area contributed by atoms with Gasteiger partial charge < -0.3 is 0 Å². The quantitative estimate of drug-likeness (QED) is 0.187. The number of aromatic nitrogens is 1. The fourth-order valence-corrected chi connectivity index (χ4v) is 4.20. The van der Waals surface area contributed by atoms with E-state index in [1.165, 1.54) is 43.7 Å². The first-order chi connectivity index (χ1) is 18.2. The van der Waals surface area contributed by atoms with Crippen LogP contribution in [0.3, 0.4) is 0 Å². The summed E-state index contributed by atoms with van der Waals surface area (Å²) in [4.78, 5) is 14.9. The van der Waals surface area contributed by atoms with Crippen LogP contribution in [0.5, 0.6) is 0 Å². The number of halogens is 4. The van der Waals surface area contributed by atoms with Gasteiger partial charge in [0.2, 0.25) is 0 Å². The van der Waals surface area contributed by atoms with Crippen LogP contribution >= 0.6 is 27.3 Å². The molecule has 230 valence electrons. The molecule has 1 rings (SSSR count). The molecular formula is C33H53BrF3NOS. The van der Waals surface area contributed by atoms with E-state index in [1.54, 1.807) is 51.2 Å². The Morgan fingerprint density at radius 1 is 1.05 bits per heavy atom. The van der Waals surface area contributed by atoms with Gasteiger partial charge in [0.05, 0.1) is 10.6 Å². The van der Waals surface area contributed by atoms with Gasteiger partial charge in [0.15, 0.2) is 5.78 Å². The molecule has 0 bridgehead atoms. The SMILES string of the molecule is C.C=CC(=C\C)/C(=C/C)/C=C(\C(=C)C)C(F)(F)F.CC.CC(=O)/C(C)=C(/C)Br.CCCC(CCC)c1nccs1. The Bertz CT molecular complexity index is 958. The van der Waals surface area contributed by atoms with Crippen molar-refractivity contribution in [2.45, 2.75) is 114 Å². The van der Waals surface area contributed by atoms with Crippen LogP contribution in [0.1, 0.15) is 113 Å². The van der Waals surface area contributed by atoms with Crippen molar-refractivity contribution < 1.29 is 18.0 Å². The number of thiazole rings is 1. The molecule has 0 saturated carbocycles. The molecule has 0 fully saturated rings. The van der Waals surface area contributed by atoms with Crippen LogP contribution in [0.15, 0.2) is 81.4 Å². The number of Topliss-reactive ketones (excluding diaryl/α,β-unsaturated/α-hetero) is 1. The zero-order valence-corrected chi connectivity index (χ0v) is 28.0. The van der Waals surface area contributed by atoms with Gasteiger partial charge in [-0.2, -0.15) is 13.2 Å². The Morgan fingerprint density at radius 3 is 1.75 bits per heavy atom. The lowest BCUT2D eigenvalue weighted by Gasteiger charge is -2.13. The van der Waals surface area contributed by atoms with E-state index in [0.717, 1.165) is 22.0 Å². The monoisotopic (exact) mass is 647 g/mol. The second kappa shape index (κ2) is 25.9. The Balaban J connectivity index is -0.000000246. The molecule has 0 aliphatic heterocycles. The Morgan fingerprint density at radius 2 is 1.52 bits per heavy atom. The summed E-state index contributed by atoms with van der Waals surface area (Å²) in [6.07, 6.45) is 8.60. The third-order valence-corrected chi connectivity index (χ3v) is 6.89. The normalized spacial score (nSPS) is 12.3. The van der Waals surface area contributed by atoms with E-state index < -0.39 is 11.7 Å². The van der Waals surface area contributed by atoms with Crippen LogP contribution in [0, 0.1) is 0 Å². The number of allylic oxidation sites excluding steroid dienone is 10. The van der Waals surface area contributed by atoms with Gasteiger partial charge in [0.1, 0.15) is 0 Å². The highest BCUT2D eigenvalue weighted by molar-refractivity contribution is 9.11. The molecule has 1 aromatic rings. The van der Waals surface area contributed by atoms with E-state index in [-0.39, 0.29) is 18.8 Å². The van der Waals surface area contributed by atoms with Gasteiger partial charge in [-0.05, 0) is 81.7 Å². The van der Waals surface area contributed by atoms with E-state index in [9.17, 15) is 18.0 Å². The summed E-state index contributed by atoms with van der Waals surface area (Å²) in [5.41, 5.74) is 1.22. The molecule has 0 unspecified atom stereocenters. The Kier molecular flexibility index (Phi) is 29.2. The fraction of sp³-hybridized carbons (Fsp3) is 0.515. The van der Waals surface area contributed by atoms with Crippen LogP contribution in [-0.4, -0.2) is 16.9 Å². The molecule has 0 N–H and O–H groups in total. The van der Waals surface area contributed by atoms with Gasteiger partial charge in [-0.15, -0.1) is 11.3 Å². The third-order valence-electron chi connectivity index (χ3n) is 5.36. The average molecular weight is 649 g/mol. The second-order valence-corrected chi connectivity index (χ2v) is 10.5. The molecule has 0 amide bonds. The predicted molar refractivity (Wildman–Crippen MR) is 177 cm³/mol. The van der Waals surface area contributed by atoms with E-state index in [0.29, 0.717) is 11.1 Å². The van der Waals surface area contributed by atoms with Gasteiger partial charge in [-0.3, -0.25) is 4.79 Å². The van der Waals surface area contributed by atoms with E-state index in [4.69, 9.17) is 0 Å². The molecule has 1 aromatic heterocycles. The van der Waals surface area contributed by atoms with Gasteiger partial charge >= 0.3 is 6.18 Å². The van der Waals surface area contributed by atoms with Crippen molar-refractivity contribution >= 4 is 33.0 Å². The highest BCUT2D eigenvalue weighted by Crippen LogP contribution is 2.32. The van der Waals surface area contributed by atoms with E-state index >= 15 is 0 Å². The van der Waals surface area contributed by atoms with Crippen molar-refractivity contribution in [3.05, 3.63) is 86.4 Å². The maximum absolute atomic E-state index is 12.7. The van der Waals surface area contributed by atoms with Crippen LogP contribution in [0.2, 0.25) is 0 Å². The summed E-state index contributed by atoms with van der Waals surface area (Å²) in [6, 6.07) is 0. The lowest BCUT2D eigenvalue weighted by atomic mass is 9.99. The lowest BCUT2D eigenvalue weighted by Crippen LogP contribution is -2.13. The lowest BCUT2D eigenvalue weighted by molar-refractivity contribution is -0.113. The first kappa shape index (κ1) is 45.0. The molecule has 2 nitrogen and oxygen atoms in total. The first-order valence-electron chi connectivity index (χ1n) is 13.3. The molecule has 7 heteroatoms. The van der Waals surface area contributed by atoms with E-state index in [2.05, 4.69) is 53.3 Å². The molecule has 0 radical (unpaired) electrons. The predicted octanol–water partition coefficient (Wildman–Crippen LogP) is 12.9. The van der Waals surface area contributed by atoms with Crippen molar-refractivity contribution in [3.8, 4) is 0 Å². The van der Waals surface area contributed by atoms with Gasteiger partial charge in [0.25, 0.3) is 0 Å². The maximum Gasteiger partial charge on any atom is 0.416 e. The Hall–Kier alpha value is -1.99. The van der Waals surface area contributed by atoms with Gasteiger partial charge in [-0.25, -0.2) is 4.98 Å². The molecule has 0 aliphatic rings. The molecule has 1 heterocycles. The largest absolute Gasteiger partial charge is 0.416 e. The first-order valence-corrected chi connectivity index (χ1v) is 15.0. The minimum absolute atomic E-state index is 0. The summed E-state index contributed by atoms with van der Waals surface area (Å²) in [6.45, 7) is 25.4. The van der Waals surface area contributed by atoms with Crippen LogP contribution in [0.25, 0.3) is 0 Å². The van der Waals surface area contributed by atoms with Crippen molar-refractivity contribution in [3.63, 3.8) is 0 Å². The minimum atomic E-state index is -4.39. The number of carbonyl (C=O) groups excluding carboxylic acids is 1. The smallest absolute Gasteiger partial charge is 0.295 e. The molecular weight excluding hydrogens is 595 g/mol. The van der Waals surface area contributed by atoms with Crippen LogP contribution < -0.4 is 0 Å². The zero-order valence-electron chi connectivity index (χ0n) is 25.6. The average Bonchev–Trinajstić information content (AvgIpc) is 3.42. The molecule has 0 aliphatic carbocycles. The summed E-state index contributed by atoms with van der Waals surface area (Å²) in [7, 11) is 0. The third kappa shape index (κ3) is 20.0. The number of hydrogen-bond acceptors (Lipinski definition) is 3. The summed E-state index contributed by atoms with van der Waals surface area (Å²) < 4.78 is 39.1. The maximum atomic E-state index is 12.7. The molecule has 40 heavy (non-hydrogen) atoms. The second-order valence-electron chi connectivity index (χ2n) is 8.39. The number of nitrogens with zero attached hydrogens (tertiary/aromatic N) is 1. The molecule has 0 atom stereocenters. The van der Waals surface area contributed by atoms with Gasteiger partial charge in [0, 0.05) is 23.1 Å². The number of ketones is 1. The van der Waals surface area contributed by atoms with Crippen molar-refractivity contribution in [2.24, 2.45) is 0 Å². The fourth-order valence-electron chi connectivity index (χ4n) is 3.11. The van der Waals surface area contributed by atoms with Crippen molar-refractivity contribution in [1.29, 1.82) is 0 Å². The Labute approximate surface area is 256 Å². The number of alkyl halides is 3. The number of rotatable bonds is 10. The highest BCUT2D eigenvalue weighted by Gasteiger charge is 2.34. The summed E-state index contributed by atoms with van der Waals surface area (Å²) in [5, 5.41) is 3.41. The van der Waals surface area contributed by atoms with Crippen molar-refractivity contribution in [2.75, 3.05) is 0 Å². The molecule has 0 aromatic carbocycles. The molecule has 0 saturated heterocycles. The standard InChI is InChI=1S/C14H17F3.C10H17NS.C6H9BrO.C2H6.CH4/c1-6-11(7-2)12(8-3)9-13(10(4)5)14(15,16)17;1-3-5-9(6-4-2)10-11-7-8-12-10;1-4(5(2)7)6(3)8;1-2;/h6-9H,1,4H2,2-3,5H3;7-9H,3-6H2,1-2H3;1-3H3;1-2H3;1H4/b11-7+,12-8+,13-9+;;5-4-;;. The summed E-state index contributed by atoms with van der Waals surface area (Å²) in [5.74, 6) is 0.847. The summed E-state index contributed by atoms with van der Waals surface area (Å²) >= 11 is 5.00. The highest BCUT2D eigenvalue weighted by atomic mass is 79.9. The number of carbonyl (C=O) groups is 1. The zero-order chi connectivity index (χ0) is 31.2.